The van der Waals surface area contributed by atoms with Crippen LogP contribution in [0.2, 0.25) is 0 Å². The first-order valence-electron chi connectivity index (χ1n) is 8.29. The van der Waals surface area contributed by atoms with Crippen molar-refractivity contribution in [3.63, 3.8) is 0 Å². The smallest absolute Gasteiger partial charge is 0.273 e. The molecule has 1 N–H and O–H groups in total. The maximum Gasteiger partial charge on any atom is 0.273 e. The van der Waals surface area contributed by atoms with Gasteiger partial charge in [-0.1, -0.05) is 38.9 Å². The summed E-state index contributed by atoms with van der Waals surface area (Å²) in [7, 11) is 4.79. The average molecular weight is 399 g/mol. The molecule has 0 atom stereocenters. The molecule has 0 amide bonds. The van der Waals surface area contributed by atoms with Crippen LogP contribution in [-0.4, -0.2) is 12.0 Å². The van der Waals surface area contributed by atoms with Gasteiger partial charge in [0.05, 0.1) is 28.5 Å². The number of anilines is 1. The van der Waals surface area contributed by atoms with E-state index in [4.69, 9.17) is 9.73 Å². The third-order valence-electron chi connectivity index (χ3n) is 4.45. The van der Waals surface area contributed by atoms with Crippen LogP contribution in [-0.2, 0) is 5.54 Å². The highest BCUT2D eigenvalue weighted by atomic mass is 32.9. The second kappa shape index (κ2) is 6.47. The normalized spacial score (nSPS) is 14.9. The molecule has 1 aromatic heterocycles. The van der Waals surface area contributed by atoms with E-state index >= 15 is 0 Å². The highest BCUT2D eigenvalue weighted by molar-refractivity contribution is 7.68. The van der Waals surface area contributed by atoms with E-state index in [-0.39, 0.29) is 11.2 Å². The molecule has 0 radical (unpaired) electrons. The van der Waals surface area contributed by atoms with Gasteiger partial charge in [0.15, 0.2) is 5.75 Å². The maximum absolute atomic E-state index is 11.0. The van der Waals surface area contributed by atoms with E-state index in [1.54, 1.807) is 26.7 Å². The number of ether oxygens (including phenoxy) is 1. The molecule has 0 spiro atoms. The van der Waals surface area contributed by atoms with Gasteiger partial charge in [-0.3, -0.25) is 10.1 Å². The molecule has 4 rings (SSSR count). The third kappa shape index (κ3) is 3.00. The van der Waals surface area contributed by atoms with Crippen LogP contribution in [0.15, 0.2) is 47.5 Å². The number of hydrogen-bond acceptors (Lipinski definition) is 7. The molecule has 0 saturated carbocycles. The molecule has 1 aliphatic heterocycles. The lowest BCUT2D eigenvalue weighted by Gasteiger charge is -2.33. The highest BCUT2D eigenvalue weighted by Crippen LogP contribution is 2.45. The highest BCUT2D eigenvalue weighted by Gasteiger charge is 2.33. The van der Waals surface area contributed by atoms with Gasteiger partial charge in [-0.2, -0.15) is 0 Å². The quantitative estimate of drug-likeness (QED) is 0.369. The first kappa shape index (κ1) is 17.7. The number of rotatable bonds is 3. The van der Waals surface area contributed by atoms with E-state index in [0.29, 0.717) is 11.4 Å². The van der Waals surface area contributed by atoms with E-state index in [1.807, 2.05) is 12.1 Å². The first-order chi connectivity index (χ1) is 12.9. The van der Waals surface area contributed by atoms with Crippen LogP contribution >= 0.6 is 20.7 Å². The van der Waals surface area contributed by atoms with Crippen molar-refractivity contribution in [2.45, 2.75) is 19.4 Å². The minimum absolute atomic E-state index is 0.0162. The number of nitro groups is 1. The van der Waals surface area contributed by atoms with Gasteiger partial charge < -0.3 is 10.1 Å². The lowest BCUT2D eigenvalue weighted by Crippen LogP contribution is -2.31. The fraction of sp³-hybridized carbons (Fsp3) is 0.211. The van der Waals surface area contributed by atoms with Crippen LogP contribution in [0, 0.1) is 10.1 Å². The molecule has 2 heterocycles. The third-order valence-corrected chi connectivity index (χ3v) is 7.09. The zero-order chi connectivity index (χ0) is 19.2. The Morgan fingerprint density at radius 1 is 1.19 bits per heavy atom. The largest absolute Gasteiger partial charge is 0.494 e. The SMILES string of the molecule is COc1cc([N+](=O)[O-])ccc1N=c1ssc2c1-c1ccccc1NC2(C)C. The molecular weight excluding hydrogens is 382 g/mol. The van der Waals surface area contributed by atoms with Crippen molar-refractivity contribution in [1.29, 1.82) is 0 Å². The van der Waals surface area contributed by atoms with Gasteiger partial charge >= 0.3 is 0 Å². The van der Waals surface area contributed by atoms with Crippen molar-refractivity contribution >= 4 is 37.7 Å². The summed E-state index contributed by atoms with van der Waals surface area (Å²) in [6, 6.07) is 12.7. The Kier molecular flexibility index (Phi) is 4.24. The maximum atomic E-state index is 11.0. The molecule has 0 bridgehead atoms. The minimum Gasteiger partial charge on any atom is -0.494 e. The van der Waals surface area contributed by atoms with E-state index in [9.17, 15) is 10.1 Å². The molecule has 0 fully saturated rings. The lowest BCUT2D eigenvalue weighted by molar-refractivity contribution is -0.384. The van der Waals surface area contributed by atoms with E-state index < -0.39 is 4.92 Å². The van der Waals surface area contributed by atoms with Crippen molar-refractivity contribution in [1.82, 2.24) is 0 Å². The van der Waals surface area contributed by atoms with Crippen molar-refractivity contribution in [3.05, 3.63) is 62.1 Å². The topological polar surface area (TPSA) is 76.8 Å². The Bertz CT molecular complexity index is 1120. The summed E-state index contributed by atoms with van der Waals surface area (Å²) in [5, 5.41) is 14.6. The second-order valence-corrected chi connectivity index (χ2v) is 8.82. The van der Waals surface area contributed by atoms with Crippen molar-refractivity contribution < 1.29 is 9.66 Å². The van der Waals surface area contributed by atoms with Gasteiger partial charge in [0.25, 0.3) is 5.69 Å². The van der Waals surface area contributed by atoms with Crippen LogP contribution in [0.3, 0.4) is 0 Å². The number of benzene rings is 2. The van der Waals surface area contributed by atoms with Crippen molar-refractivity contribution in [2.24, 2.45) is 4.99 Å². The fourth-order valence-corrected chi connectivity index (χ4v) is 6.11. The predicted octanol–water partition coefficient (Wildman–Crippen LogP) is 5.29. The molecule has 0 aliphatic carbocycles. The molecule has 0 unspecified atom stereocenters. The van der Waals surface area contributed by atoms with Gasteiger partial charge in [0.2, 0.25) is 0 Å². The summed E-state index contributed by atoms with van der Waals surface area (Å²) < 4.78 is 6.22. The predicted molar refractivity (Wildman–Crippen MR) is 109 cm³/mol. The van der Waals surface area contributed by atoms with Crippen LogP contribution in [0.5, 0.6) is 5.75 Å². The lowest BCUT2D eigenvalue weighted by atomic mass is 9.90. The Labute approximate surface area is 163 Å². The number of para-hydroxylation sites is 1. The van der Waals surface area contributed by atoms with Gasteiger partial charge in [-0.05, 0) is 26.0 Å². The van der Waals surface area contributed by atoms with Gasteiger partial charge in [-0.25, -0.2) is 4.99 Å². The van der Waals surface area contributed by atoms with Gasteiger partial charge in [0.1, 0.15) is 10.4 Å². The number of methoxy groups -OCH3 is 1. The average Bonchev–Trinajstić information content (AvgIpc) is 3.07. The fourth-order valence-electron chi connectivity index (χ4n) is 3.18. The second-order valence-electron chi connectivity index (χ2n) is 6.70. The first-order valence-corrected chi connectivity index (χ1v) is 10.4. The molecule has 1 aliphatic rings. The number of nitro benzene ring substituents is 1. The molecular formula is C19H17N3O3S2. The number of nitrogens with one attached hydrogen (secondary N) is 1. The molecule has 2 aromatic carbocycles. The van der Waals surface area contributed by atoms with E-state index in [2.05, 4.69) is 31.3 Å². The molecule has 8 heteroatoms. The number of nitrogens with zero attached hydrogens (tertiary/aromatic N) is 2. The summed E-state index contributed by atoms with van der Waals surface area (Å²) >= 11 is 0. The Morgan fingerprint density at radius 2 is 1.96 bits per heavy atom. The molecule has 0 saturated heterocycles. The van der Waals surface area contributed by atoms with Crippen LogP contribution in [0.4, 0.5) is 17.1 Å². The van der Waals surface area contributed by atoms with E-state index in [1.165, 1.54) is 24.1 Å². The van der Waals surface area contributed by atoms with Gasteiger partial charge in [0, 0.05) is 22.9 Å². The number of fused-ring (bicyclic) bond motifs is 3. The summed E-state index contributed by atoms with van der Waals surface area (Å²) in [6.07, 6.45) is 0. The summed E-state index contributed by atoms with van der Waals surface area (Å²) in [5.74, 6) is 0.387. The minimum atomic E-state index is -0.439. The molecule has 138 valence electrons. The standard InChI is InChI=1S/C19H17N3O3S2/c1-19(2)17-16(12-6-4-5-7-13(12)21-19)18(27-26-17)20-14-9-8-11(22(23)24)10-15(14)25-3/h4-10,21H,1-3H3. The number of hydrogen-bond donors (Lipinski definition) is 1. The Morgan fingerprint density at radius 3 is 2.70 bits per heavy atom. The zero-order valence-corrected chi connectivity index (χ0v) is 16.6. The zero-order valence-electron chi connectivity index (χ0n) is 15.0. The molecule has 27 heavy (non-hydrogen) atoms. The molecule has 3 aromatic rings. The van der Waals surface area contributed by atoms with Crippen LogP contribution in [0.1, 0.15) is 18.7 Å². The van der Waals surface area contributed by atoms with Crippen LogP contribution < -0.4 is 14.7 Å². The number of non-ortho nitro benzene ring substituents is 1. The summed E-state index contributed by atoms with van der Waals surface area (Å²) in [4.78, 5) is 16.6. The van der Waals surface area contributed by atoms with Crippen LogP contribution in [0.25, 0.3) is 11.1 Å². The van der Waals surface area contributed by atoms with Crippen molar-refractivity contribution in [2.75, 3.05) is 12.4 Å². The molecule has 6 nitrogen and oxygen atoms in total. The summed E-state index contributed by atoms with van der Waals surface area (Å²) in [6.45, 7) is 4.31. The van der Waals surface area contributed by atoms with Gasteiger partial charge in [-0.15, -0.1) is 0 Å². The Balaban J connectivity index is 1.94. The van der Waals surface area contributed by atoms with E-state index in [0.717, 1.165) is 21.5 Å². The van der Waals surface area contributed by atoms with Crippen molar-refractivity contribution in [3.8, 4) is 16.9 Å². The Hall–Kier alpha value is -2.71. The monoisotopic (exact) mass is 399 g/mol. The summed E-state index contributed by atoms with van der Waals surface area (Å²) in [5.41, 5.74) is 3.67.